The van der Waals surface area contributed by atoms with Crippen LogP contribution in [0.2, 0.25) is 0 Å². The SMILES string of the molecule is Cc1ccc(C[C@H](N)C(=O)N2CCC(C(CO)NC(=O)c3cc(C4CC4)on3)CC2)cc1. The van der Waals surface area contributed by atoms with Crippen LogP contribution in [0.25, 0.3) is 0 Å². The zero-order chi connectivity index (χ0) is 22.7. The van der Waals surface area contributed by atoms with E-state index in [9.17, 15) is 14.7 Å². The molecule has 2 amide bonds. The largest absolute Gasteiger partial charge is 0.394 e. The van der Waals surface area contributed by atoms with Gasteiger partial charge < -0.3 is 25.6 Å². The van der Waals surface area contributed by atoms with Gasteiger partial charge in [0.25, 0.3) is 5.91 Å². The molecule has 1 aliphatic carbocycles. The number of hydrogen-bond donors (Lipinski definition) is 3. The molecule has 0 spiro atoms. The molecule has 1 aromatic carbocycles. The molecule has 2 aromatic rings. The van der Waals surface area contributed by atoms with Gasteiger partial charge >= 0.3 is 0 Å². The smallest absolute Gasteiger partial charge is 0.273 e. The number of nitrogens with two attached hydrogens (primary N) is 1. The second kappa shape index (κ2) is 9.83. The number of aliphatic hydroxyl groups is 1. The number of hydrogen-bond acceptors (Lipinski definition) is 6. The Bertz CT molecular complexity index is 930. The Hall–Kier alpha value is -2.71. The van der Waals surface area contributed by atoms with Crippen molar-refractivity contribution in [2.75, 3.05) is 19.7 Å². The topological polar surface area (TPSA) is 122 Å². The van der Waals surface area contributed by atoms with Crippen LogP contribution in [-0.2, 0) is 11.2 Å². The maximum atomic E-state index is 12.8. The molecule has 8 nitrogen and oxygen atoms in total. The zero-order valence-corrected chi connectivity index (χ0v) is 18.5. The molecule has 1 aromatic heterocycles. The number of amides is 2. The van der Waals surface area contributed by atoms with Crippen LogP contribution in [0.15, 0.2) is 34.9 Å². The highest BCUT2D eigenvalue weighted by molar-refractivity contribution is 5.92. The minimum atomic E-state index is -0.574. The summed E-state index contributed by atoms with van der Waals surface area (Å²) in [5.74, 6) is 0.833. The molecule has 0 radical (unpaired) electrons. The van der Waals surface area contributed by atoms with E-state index in [0.29, 0.717) is 38.3 Å². The summed E-state index contributed by atoms with van der Waals surface area (Å²) in [6.07, 6.45) is 4.04. The molecule has 1 saturated carbocycles. The summed E-state index contributed by atoms with van der Waals surface area (Å²) in [5, 5.41) is 16.6. The Morgan fingerprint density at radius 1 is 1.22 bits per heavy atom. The van der Waals surface area contributed by atoms with Crippen molar-refractivity contribution < 1.29 is 19.2 Å². The van der Waals surface area contributed by atoms with Gasteiger partial charge in [0, 0.05) is 25.1 Å². The van der Waals surface area contributed by atoms with Crippen molar-refractivity contribution in [2.45, 2.75) is 57.0 Å². The van der Waals surface area contributed by atoms with E-state index < -0.39 is 6.04 Å². The van der Waals surface area contributed by atoms with E-state index in [1.54, 1.807) is 11.0 Å². The second-order valence-electron chi connectivity index (χ2n) is 9.11. The van der Waals surface area contributed by atoms with Crippen molar-refractivity contribution in [2.24, 2.45) is 11.7 Å². The molecule has 8 heteroatoms. The van der Waals surface area contributed by atoms with Gasteiger partial charge in [-0.25, -0.2) is 0 Å². The molecule has 32 heavy (non-hydrogen) atoms. The minimum Gasteiger partial charge on any atom is -0.394 e. The van der Waals surface area contributed by atoms with Gasteiger partial charge in [-0.2, -0.15) is 0 Å². The Morgan fingerprint density at radius 2 is 1.91 bits per heavy atom. The summed E-state index contributed by atoms with van der Waals surface area (Å²) in [6.45, 7) is 2.99. The molecule has 4 N–H and O–H groups in total. The lowest BCUT2D eigenvalue weighted by molar-refractivity contribution is -0.134. The number of carbonyl (C=O) groups excluding carboxylic acids is 2. The zero-order valence-electron chi connectivity index (χ0n) is 18.5. The molecule has 172 valence electrons. The summed E-state index contributed by atoms with van der Waals surface area (Å²) < 4.78 is 5.25. The van der Waals surface area contributed by atoms with Gasteiger partial charge in [-0.3, -0.25) is 9.59 Å². The lowest BCUT2D eigenvalue weighted by Gasteiger charge is -2.36. The third-order valence-electron chi connectivity index (χ3n) is 6.57. The Morgan fingerprint density at radius 3 is 2.53 bits per heavy atom. The molecular formula is C24H32N4O4. The molecular weight excluding hydrogens is 408 g/mol. The molecule has 1 unspecified atom stereocenters. The van der Waals surface area contributed by atoms with Crippen LogP contribution in [0.3, 0.4) is 0 Å². The van der Waals surface area contributed by atoms with E-state index in [0.717, 1.165) is 24.2 Å². The minimum absolute atomic E-state index is 0.0520. The molecule has 2 atom stereocenters. The third-order valence-corrected chi connectivity index (χ3v) is 6.57. The maximum absolute atomic E-state index is 12.8. The van der Waals surface area contributed by atoms with Gasteiger partial charge in [-0.15, -0.1) is 0 Å². The quantitative estimate of drug-likeness (QED) is 0.575. The van der Waals surface area contributed by atoms with Gasteiger partial charge in [0.2, 0.25) is 5.91 Å². The van der Waals surface area contributed by atoms with Crippen molar-refractivity contribution >= 4 is 11.8 Å². The fourth-order valence-electron chi connectivity index (χ4n) is 4.33. The van der Waals surface area contributed by atoms with Gasteiger partial charge in [0.05, 0.1) is 18.7 Å². The van der Waals surface area contributed by atoms with Crippen molar-refractivity contribution in [1.29, 1.82) is 0 Å². The van der Waals surface area contributed by atoms with Crippen molar-refractivity contribution in [1.82, 2.24) is 15.4 Å². The molecule has 1 aliphatic heterocycles. The molecule has 2 heterocycles. The number of aromatic nitrogens is 1. The summed E-state index contributed by atoms with van der Waals surface area (Å²) >= 11 is 0. The number of aliphatic hydroxyl groups excluding tert-OH is 1. The first-order valence-corrected chi connectivity index (χ1v) is 11.4. The number of carbonyl (C=O) groups is 2. The Balaban J connectivity index is 1.26. The number of nitrogens with one attached hydrogen (secondary N) is 1. The number of likely N-dealkylation sites (tertiary alicyclic amines) is 1. The third kappa shape index (κ3) is 5.37. The number of piperidine rings is 1. The van der Waals surface area contributed by atoms with E-state index in [2.05, 4.69) is 10.5 Å². The number of aryl methyl sites for hydroxylation is 1. The fraction of sp³-hybridized carbons (Fsp3) is 0.542. The maximum Gasteiger partial charge on any atom is 0.273 e. The molecule has 4 rings (SSSR count). The highest BCUT2D eigenvalue weighted by Crippen LogP contribution is 2.40. The average Bonchev–Trinajstić information content (AvgIpc) is 3.54. The first kappa shape index (κ1) is 22.5. The lowest BCUT2D eigenvalue weighted by atomic mass is 9.89. The van der Waals surface area contributed by atoms with Gasteiger partial charge in [-0.05, 0) is 50.5 Å². The first-order valence-electron chi connectivity index (χ1n) is 11.4. The fourth-order valence-corrected chi connectivity index (χ4v) is 4.33. The molecule has 2 aliphatic rings. The van der Waals surface area contributed by atoms with E-state index in [1.165, 1.54) is 5.56 Å². The first-order chi connectivity index (χ1) is 15.4. The number of benzene rings is 1. The van der Waals surface area contributed by atoms with Gasteiger partial charge in [-0.1, -0.05) is 35.0 Å². The lowest BCUT2D eigenvalue weighted by Crippen LogP contribution is -2.51. The summed E-state index contributed by atoms with van der Waals surface area (Å²) in [6, 6.07) is 8.79. The monoisotopic (exact) mass is 440 g/mol. The number of rotatable bonds is 8. The van der Waals surface area contributed by atoms with E-state index in [4.69, 9.17) is 10.3 Å². The van der Waals surface area contributed by atoms with Crippen molar-refractivity contribution in [3.8, 4) is 0 Å². The standard InChI is InChI=1S/C24H32N4O4/c1-15-2-4-16(5-3-15)12-19(25)24(31)28-10-8-17(9-11-28)21(14-29)26-23(30)20-13-22(32-27-20)18-6-7-18/h2-5,13,17-19,21,29H,6-12,14,25H2,1H3,(H,26,30)/t19-,21?/m0/s1. The van der Waals surface area contributed by atoms with Crippen molar-refractivity contribution in [3.05, 3.63) is 52.9 Å². The van der Waals surface area contributed by atoms with Gasteiger partial charge in [0.1, 0.15) is 5.76 Å². The highest BCUT2D eigenvalue weighted by Gasteiger charge is 2.32. The highest BCUT2D eigenvalue weighted by atomic mass is 16.5. The average molecular weight is 441 g/mol. The summed E-state index contributed by atoms with van der Waals surface area (Å²) in [7, 11) is 0. The van der Waals surface area contributed by atoms with E-state index in [-0.39, 0.29) is 36.1 Å². The van der Waals surface area contributed by atoms with E-state index >= 15 is 0 Å². The predicted molar refractivity (Wildman–Crippen MR) is 119 cm³/mol. The van der Waals surface area contributed by atoms with Crippen LogP contribution in [0.5, 0.6) is 0 Å². The molecule has 0 bridgehead atoms. The van der Waals surface area contributed by atoms with Crippen LogP contribution in [-0.4, -0.2) is 58.8 Å². The Labute approximate surface area is 188 Å². The van der Waals surface area contributed by atoms with Crippen LogP contribution >= 0.6 is 0 Å². The summed E-state index contributed by atoms with van der Waals surface area (Å²) in [4.78, 5) is 27.1. The second-order valence-corrected chi connectivity index (χ2v) is 9.11. The summed E-state index contributed by atoms with van der Waals surface area (Å²) in [5.41, 5.74) is 8.67. The van der Waals surface area contributed by atoms with Crippen LogP contribution in [0, 0.1) is 12.8 Å². The molecule has 2 fully saturated rings. The van der Waals surface area contributed by atoms with Crippen molar-refractivity contribution in [3.63, 3.8) is 0 Å². The van der Waals surface area contributed by atoms with Crippen LogP contribution in [0.4, 0.5) is 0 Å². The van der Waals surface area contributed by atoms with Gasteiger partial charge in [0.15, 0.2) is 5.69 Å². The van der Waals surface area contributed by atoms with Crippen LogP contribution < -0.4 is 11.1 Å². The molecule has 1 saturated heterocycles. The number of nitrogens with zero attached hydrogens (tertiary/aromatic N) is 2. The Kier molecular flexibility index (Phi) is 6.91. The predicted octanol–water partition coefficient (Wildman–Crippen LogP) is 1.76. The van der Waals surface area contributed by atoms with E-state index in [1.807, 2.05) is 31.2 Å². The van der Waals surface area contributed by atoms with Crippen LogP contribution in [0.1, 0.15) is 59.0 Å². The normalized spacial score (nSPS) is 18.9.